The van der Waals surface area contributed by atoms with Crippen molar-refractivity contribution in [1.29, 1.82) is 0 Å². The lowest BCUT2D eigenvalue weighted by Crippen LogP contribution is -2.04. The van der Waals surface area contributed by atoms with Crippen LogP contribution in [0.1, 0.15) is 40.0 Å². The van der Waals surface area contributed by atoms with E-state index in [1.807, 2.05) is 6.08 Å². The SMILES string of the molecule is C/C(=C1/C=CCCCC1=O)C(C)C. The molecule has 0 heterocycles. The predicted octanol–water partition coefficient (Wildman–Crippen LogP) is 3.27. The van der Waals surface area contributed by atoms with Crippen molar-refractivity contribution >= 4 is 5.78 Å². The van der Waals surface area contributed by atoms with Gasteiger partial charge in [0.2, 0.25) is 0 Å². The zero-order valence-corrected chi connectivity index (χ0v) is 8.76. The van der Waals surface area contributed by atoms with Gasteiger partial charge in [0.05, 0.1) is 0 Å². The third-order valence-electron chi connectivity index (χ3n) is 2.65. The zero-order valence-electron chi connectivity index (χ0n) is 8.76. The number of carbonyl (C=O) groups is 1. The summed E-state index contributed by atoms with van der Waals surface area (Å²) < 4.78 is 0. The van der Waals surface area contributed by atoms with Crippen LogP contribution in [0.15, 0.2) is 23.3 Å². The van der Waals surface area contributed by atoms with Gasteiger partial charge in [0.25, 0.3) is 0 Å². The lowest BCUT2D eigenvalue weighted by atomic mass is 9.95. The van der Waals surface area contributed by atoms with Crippen LogP contribution in [-0.2, 0) is 4.79 Å². The Hall–Kier alpha value is -0.850. The highest BCUT2D eigenvalue weighted by Crippen LogP contribution is 2.20. The molecule has 0 aliphatic heterocycles. The summed E-state index contributed by atoms with van der Waals surface area (Å²) in [6.45, 7) is 6.33. The number of carbonyl (C=O) groups excluding carboxylic acids is 1. The van der Waals surface area contributed by atoms with E-state index in [0.29, 0.717) is 18.1 Å². The zero-order chi connectivity index (χ0) is 9.84. The number of allylic oxidation sites excluding steroid dienone is 4. The summed E-state index contributed by atoms with van der Waals surface area (Å²) in [6.07, 6.45) is 6.88. The average molecular weight is 178 g/mol. The molecule has 1 nitrogen and oxygen atoms in total. The van der Waals surface area contributed by atoms with Gasteiger partial charge in [0.15, 0.2) is 5.78 Å². The highest BCUT2D eigenvalue weighted by Gasteiger charge is 2.13. The molecular weight excluding hydrogens is 160 g/mol. The molecule has 1 heteroatoms. The highest BCUT2D eigenvalue weighted by molar-refractivity contribution is 5.99. The minimum atomic E-state index is 0.319. The largest absolute Gasteiger partial charge is 0.294 e. The Morgan fingerprint density at radius 1 is 1.46 bits per heavy atom. The fraction of sp³-hybridized carbons (Fsp3) is 0.583. The topological polar surface area (TPSA) is 17.1 Å². The number of Topliss-reactive ketones (excluding diaryl/α,β-unsaturated/α-hetero) is 1. The van der Waals surface area contributed by atoms with Crippen molar-refractivity contribution in [2.75, 3.05) is 0 Å². The minimum Gasteiger partial charge on any atom is -0.294 e. The molecule has 1 aliphatic rings. The molecule has 72 valence electrons. The fourth-order valence-corrected chi connectivity index (χ4v) is 1.47. The molecule has 0 amide bonds. The summed E-state index contributed by atoms with van der Waals surface area (Å²) in [4.78, 5) is 11.7. The molecule has 0 aromatic rings. The van der Waals surface area contributed by atoms with Crippen molar-refractivity contribution in [3.05, 3.63) is 23.3 Å². The Kier molecular flexibility index (Phi) is 3.47. The van der Waals surface area contributed by atoms with Crippen LogP contribution < -0.4 is 0 Å². The first-order valence-electron chi connectivity index (χ1n) is 5.03. The lowest BCUT2D eigenvalue weighted by Gasteiger charge is -2.09. The van der Waals surface area contributed by atoms with Crippen molar-refractivity contribution in [3.8, 4) is 0 Å². The van der Waals surface area contributed by atoms with E-state index in [4.69, 9.17) is 0 Å². The van der Waals surface area contributed by atoms with Gasteiger partial charge in [0, 0.05) is 12.0 Å². The maximum atomic E-state index is 11.7. The van der Waals surface area contributed by atoms with Crippen LogP contribution in [-0.4, -0.2) is 5.78 Å². The van der Waals surface area contributed by atoms with E-state index in [0.717, 1.165) is 18.4 Å². The van der Waals surface area contributed by atoms with Crippen molar-refractivity contribution in [3.63, 3.8) is 0 Å². The number of rotatable bonds is 1. The second kappa shape index (κ2) is 4.40. The lowest BCUT2D eigenvalue weighted by molar-refractivity contribution is -0.115. The van der Waals surface area contributed by atoms with Crippen LogP contribution in [0.25, 0.3) is 0 Å². The van der Waals surface area contributed by atoms with Crippen LogP contribution in [0.2, 0.25) is 0 Å². The molecule has 0 atom stereocenters. The quantitative estimate of drug-likeness (QED) is 0.563. The van der Waals surface area contributed by atoms with Crippen LogP contribution in [0.5, 0.6) is 0 Å². The normalized spacial score (nSPS) is 22.0. The predicted molar refractivity (Wildman–Crippen MR) is 55.5 cm³/mol. The first kappa shape index (κ1) is 10.2. The van der Waals surface area contributed by atoms with E-state index in [1.165, 1.54) is 5.57 Å². The molecule has 0 aromatic heterocycles. The maximum absolute atomic E-state index is 11.7. The van der Waals surface area contributed by atoms with Gasteiger partial charge in [-0.1, -0.05) is 31.6 Å². The maximum Gasteiger partial charge on any atom is 0.162 e. The third-order valence-corrected chi connectivity index (χ3v) is 2.65. The van der Waals surface area contributed by atoms with Crippen LogP contribution >= 0.6 is 0 Å². The Morgan fingerprint density at radius 3 is 2.77 bits per heavy atom. The Morgan fingerprint density at radius 2 is 2.15 bits per heavy atom. The van der Waals surface area contributed by atoms with E-state index in [-0.39, 0.29) is 0 Å². The first-order valence-corrected chi connectivity index (χ1v) is 5.03. The van der Waals surface area contributed by atoms with Gasteiger partial charge in [-0.3, -0.25) is 4.79 Å². The van der Waals surface area contributed by atoms with E-state index >= 15 is 0 Å². The summed E-state index contributed by atoms with van der Waals surface area (Å²) in [6, 6.07) is 0. The molecule has 0 N–H and O–H groups in total. The molecule has 0 fully saturated rings. The van der Waals surface area contributed by atoms with Crippen LogP contribution in [0, 0.1) is 5.92 Å². The van der Waals surface area contributed by atoms with Crippen LogP contribution in [0.4, 0.5) is 0 Å². The highest BCUT2D eigenvalue weighted by atomic mass is 16.1. The second-order valence-electron chi connectivity index (χ2n) is 3.97. The molecule has 0 saturated heterocycles. The van der Waals surface area contributed by atoms with Gasteiger partial charge in [-0.2, -0.15) is 0 Å². The number of hydrogen-bond donors (Lipinski definition) is 0. The molecule has 0 radical (unpaired) electrons. The molecule has 0 unspecified atom stereocenters. The van der Waals surface area contributed by atoms with Gasteiger partial charge >= 0.3 is 0 Å². The summed E-state index contributed by atoms with van der Waals surface area (Å²) in [5, 5.41) is 0. The first-order chi connectivity index (χ1) is 6.13. The van der Waals surface area contributed by atoms with Crippen LogP contribution in [0.3, 0.4) is 0 Å². The molecule has 0 aromatic carbocycles. The van der Waals surface area contributed by atoms with Gasteiger partial charge in [-0.15, -0.1) is 0 Å². The van der Waals surface area contributed by atoms with E-state index in [2.05, 4.69) is 26.8 Å². The molecule has 0 bridgehead atoms. The van der Waals surface area contributed by atoms with Gasteiger partial charge in [-0.25, -0.2) is 0 Å². The van der Waals surface area contributed by atoms with E-state index < -0.39 is 0 Å². The molecular formula is C12H18O. The van der Waals surface area contributed by atoms with Gasteiger partial charge in [0.1, 0.15) is 0 Å². The Labute approximate surface area is 80.5 Å². The second-order valence-corrected chi connectivity index (χ2v) is 3.97. The summed E-state index contributed by atoms with van der Waals surface area (Å²) >= 11 is 0. The van der Waals surface area contributed by atoms with E-state index in [1.54, 1.807) is 0 Å². The fourth-order valence-electron chi connectivity index (χ4n) is 1.47. The molecule has 1 aliphatic carbocycles. The number of hydrogen-bond acceptors (Lipinski definition) is 1. The Bertz CT molecular complexity index is 256. The van der Waals surface area contributed by atoms with Crippen molar-refractivity contribution in [2.45, 2.75) is 40.0 Å². The molecule has 0 spiro atoms. The minimum absolute atomic E-state index is 0.319. The van der Waals surface area contributed by atoms with Crippen molar-refractivity contribution in [1.82, 2.24) is 0 Å². The summed E-state index contributed by atoms with van der Waals surface area (Å²) in [5.74, 6) is 0.793. The number of ketones is 1. The van der Waals surface area contributed by atoms with Gasteiger partial charge in [-0.05, 0) is 25.7 Å². The summed E-state index contributed by atoms with van der Waals surface area (Å²) in [5.41, 5.74) is 2.18. The van der Waals surface area contributed by atoms with Crippen molar-refractivity contribution in [2.24, 2.45) is 5.92 Å². The third kappa shape index (κ3) is 2.55. The standard InChI is InChI=1S/C12H18O/c1-9(2)10(3)11-7-5-4-6-8-12(11)13/h5,7,9H,4,6,8H2,1-3H3/b11-10+. The van der Waals surface area contributed by atoms with E-state index in [9.17, 15) is 4.79 Å². The average Bonchev–Trinajstić information content (AvgIpc) is 2.28. The molecule has 0 saturated carbocycles. The smallest absolute Gasteiger partial charge is 0.162 e. The Balaban J connectivity index is 2.98. The summed E-state index contributed by atoms with van der Waals surface area (Å²) in [7, 11) is 0. The molecule has 1 rings (SSSR count). The van der Waals surface area contributed by atoms with Gasteiger partial charge < -0.3 is 0 Å². The van der Waals surface area contributed by atoms with Crippen molar-refractivity contribution < 1.29 is 4.79 Å². The monoisotopic (exact) mass is 178 g/mol. The molecule has 13 heavy (non-hydrogen) atoms.